The van der Waals surface area contributed by atoms with Gasteiger partial charge in [-0.1, -0.05) is 22.9 Å². The Morgan fingerprint density at radius 1 is 1.28 bits per heavy atom. The zero-order valence-corrected chi connectivity index (χ0v) is 16.2. The van der Waals surface area contributed by atoms with Crippen LogP contribution in [0.4, 0.5) is 0 Å². The molecule has 0 atom stereocenters. The normalized spacial score (nSPS) is 12.0. The Labute approximate surface area is 158 Å². The van der Waals surface area contributed by atoms with Gasteiger partial charge < -0.3 is 14.0 Å². The van der Waals surface area contributed by atoms with Crippen molar-refractivity contribution in [3.05, 3.63) is 44.3 Å². The molecule has 2 aromatic heterocycles. The van der Waals surface area contributed by atoms with Gasteiger partial charge in [0.25, 0.3) is 5.91 Å². The number of carbonyl (C=O) groups excluding carboxylic acids is 1. The fourth-order valence-electron chi connectivity index (χ4n) is 2.35. The second-order valence-electron chi connectivity index (χ2n) is 5.09. The molecular weight excluding hydrogens is 380 g/mol. The fourth-order valence-corrected chi connectivity index (χ4v) is 4.36. The van der Waals surface area contributed by atoms with Crippen molar-refractivity contribution < 1.29 is 14.3 Å². The number of carbonyl (C=O) groups is 1. The summed E-state index contributed by atoms with van der Waals surface area (Å²) in [5, 5.41) is 0. The Hall–Kier alpha value is -1.67. The van der Waals surface area contributed by atoms with E-state index in [2.05, 4.69) is 4.99 Å². The lowest BCUT2D eigenvalue weighted by Crippen LogP contribution is -2.19. The number of methoxy groups -OCH3 is 1. The summed E-state index contributed by atoms with van der Waals surface area (Å²) in [6.07, 6.45) is 0. The molecular formula is C17H17ClN2O3S2. The molecule has 2 heterocycles. The average Bonchev–Trinajstić information content (AvgIpc) is 3.18. The van der Waals surface area contributed by atoms with E-state index in [9.17, 15) is 4.79 Å². The van der Waals surface area contributed by atoms with Gasteiger partial charge in [0.15, 0.2) is 4.80 Å². The first-order valence-electron chi connectivity index (χ1n) is 7.72. The summed E-state index contributed by atoms with van der Waals surface area (Å²) in [6.45, 7) is 3.78. The van der Waals surface area contributed by atoms with Crippen LogP contribution in [0, 0.1) is 0 Å². The van der Waals surface area contributed by atoms with Crippen molar-refractivity contribution in [2.45, 2.75) is 13.5 Å². The van der Waals surface area contributed by atoms with Gasteiger partial charge in [0.2, 0.25) is 0 Å². The van der Waals surface area contributed by atoms with Crippen LogP contribution in [0.25, 0.3) is 10.2 Å². The summed E-state index contributed by atoms with van der Waals surface area (Å²) in [5.41, 5.74) is 1.00. The van der Waals surface area contributed by atoms with Gasteiger partial charge in [-0.15, -0.1) is 11.3 Å². The molecule has 0 saturated heterocycles. The van der Waals surface area contributed by atoms with Gasteiger partial charge in [-0.05, 0) is 37.3 Å². The summed E-state index contributed by atoms with van der Waals surface area (Å²) in [6, 6.07) is 9.22. The number of thiophene rings is 1. The lowest BCUT2D eigenvalue weighted by molar-refractivity contribution is 0.100. The molecule has 0 saturated carbocycles. The summed E-state index contributed by atoms with van der Waals surface area (Å²) >= 11 is 8.59. The maximum absolute atomic E-state index is 12.4. The fraction of sp³-hybridized carbons (Fsp3) is 0.294. The molecule has 1 aromatic carbocycles. The molecule has 132 valence electrons. The quantitative estimate of drug-likeness (QED) is 0.586. The second-order valence-corrected chi connectivity index (χ2v) is 7.81. The molecule has 0 unspecified atom stereocenters. The molecule has 3 rings (SSSR count). The first kappa shape index (κ1) is 18.1. The first-order valence-corrected chi connectivity index (χ1v) is 9.73. The Morgan fingerprint density at radius 2 is 2.12 bits per heavy atom. The van der Waals surface area contributed by atoms with Gasteiger partial charge in [0.05, 0.1) is 33.1 Å². The molecule has 0 fully saturated rings. The Bertz CT molecular complexity index is 958. The van der Waals surface area contributed by atoms with E-state index in [0.717, 1.165) is 16.0 Å². The van der Waals surface area contributed by atoms with Crippen LogP contribution in [0.15, 0.2) is 35.3 Å². The summed E-state index contributed by atoms with van der Waals surface area (Å²) in [7, 11) is 1.63. The number of nitrogens with zero attached hydrogens (tertiary/aromatic N) is 2. The van der Waals surface area contributed by atoms with E-state index in [1.807, 2.05) is 29.7 Å². The number of fused-ring (bicyclic) bond motifs is 1. The van der Waals surface area contributed by atoms with Crippen LogP contribution in [0.5, 0.6) is 5.75 Å². The molecule has 0 aliphatic carbocycles. The van der Waals surface area contributed by atoms with Crippen molar-refractivity contribution in [1.82, 2.24) is 4.57 Å². The Kier molecular flexibility index (Phi) is 5.90. The SMILES string of the molecule is CCOCCn1c(=NC(=O)c2ccc(Cl)s2)sc2cc(OC)ccc21. The number of rotatable bonds is 6. The third kappa shape index (κ3) is 4.12. The molecule has 0 aliphatic rings. The van der Waals surface area contributed by atoms with Crippen molar-refractivity contribution in [1.29, 1.82) is 0 Å². The van der Waals surface area contributed by atoms with Crippen molar-refractivity contribution in [2.24, 2.45) is 4.99 Å². The van der Waals surface area contributed by atoms with Crippen LogP contribution >= 0.6 is 34.3 Å². The second kappa shape index (κ2) is 8.14. The number of ether oxygens (including phenoxy) is 2. The molecule has 25 heavy (non-hydrogen) atoms. The first-order chi connectivity index (χ1) is 12.1. The minimum Gasteiger partial charge on any atom is -0.497 e. The lowest BCUT2D eigenvalue weighted by atomic mass is 10.3. The number of aromatic nitrogens is 1. The molecule has 0 aliphatic heterocycles. The van der Waals surface area contributed by atoms with Gasteiger partial charge in [0, 0.05) is 13.2 Å². The van der Waals surface area contributed by atoms with Crippen LogP contribution in [-0.4, -0.2) is 30.8 Å². The molecule has 3 aromatic rings. The van der Waals surface area contributed by atoms with Crippen LogP contribution in [0.1, 0.15) is 16.6 Å². The Balaban J connectivity index is 2.06. The lowest BCUT2D eigenvalue weighted by Gasteiger charge is -2.06. The number of hydrogen-bond donors (Lipinski definition) is 0. The topological polar surface area (TPSA) is 52.8 Å². The summed E-state index contributed by atoms with van der Waals surface area (Å²) in [5.74, 6) is 0.481. The highest BCUT2D eigenvalue weighted by atomic mass is 35.5. The average molecular weight is 397 g/mol. The smallest absolute Gasteiger partial charge is 0.289 e. The highest BCUT2D eigenvalue weighted by Gasteiger charge is 2.11. The summed E-state index contributed by atoms with van der Waals surface area (Å²) < 4.78 is 14.3. The predicted molar refractivity (Wildman–Crippen MR) is 102 cm³/mol. The van der Waals surface area contributed by atoms with Crippen LogP contribution in [0.2, 0.25) is 4.34 Å². The minimum atomic E-state index is -0.291. The van der Waals surface area contributed by atoms with E-state index in [1.165, 1.54) is 22.7 Å². The zero-order valence-electron chi connectivity index (χ0n) is 13.8. The molecule has 0 N–H and O–H groups in total. The number of benzene rings is 1. The van der Waals surface area contributed by atoms with Gasteiger partial charge in [-0.25, -0.2) is 0 Å². The highest BCUT2D eigenvalue weighted by molar-refractivity contribution is 7.18. The van der Waals surface area contributed by atoms with Crippen LogP contribution in [-0.2, 0) is 11.3 Å². The van der Waals surface area contributed by atoms with E-state index >= 15 is 0 Å². The predicted octanol–water partition coefficient (Wildman–Crippen LogP) is 4.20. The number of thiazole rings is 1. The molecule has 8 heteroatoms. The van der Waals surface area contributed by atoms with Gasteiger partial charge in [-0.2, -0.15) is 4.99 Å². The van der Waals surface area contributed by atoms with E-state index < -0.39 is 0 Å². The number of hydrogen-bond acceptors (Lipinski definition) is 5. The maximum atomic E-state index is 12.4. The minimum absolute atomic E-state index is 0.291. The largest absolute Gasteiger partial charge is 0.497 e. The van der Waals surface area contributed by atoms with Gasteiger partial charge >= 0.3 is 0 Å². The van der Waals surface area contributed by atoms with Crippen molar-refractivity contribution >= 4 is 50.4 Å². The molecule has 0 bridgehead atoms. The third-order valence-electron chi connectivity index (χ3n) is 3.53. The van der Waals surface area contributed by atoms with Crippen molar-refractivity contribution in [3.63, 3.8) is 0 Å². The van der Waals surface area contributed by atoms with Gasteiger partial charge in [0.1, 0.15) is 5.75 Å². The van der Waals surface area contributed by atoms with E-state index in [-0.39, 0.29) is 5.91 Å². The van der Waals surface area contributed by atoms with Crippen molar-refractivity contribution in [3.8, 4) is 5.75 Å². The summed E-state index contributed by atoms with van der Waals surface area (Å²) in [4.78, 5) is 17.9. The standard InChI is InChI=1S/C17H17ClN2O3S2/c1-3-23-9-8-20-12-5-4-11(22-2)10-14(12)25-17(20)19-16(21)13-6-7-15(18)24-13/h4-7,10H,3,8-9H2,1-2H3. The molecule has 0 radical (unpaired) electrons. The molecule has 0 spiro atoms. The van der Waals surface area contributed by atoms with Crippen LogP contribution < -0.4 is 9.54 Å². The van der Waals surface area contributed by atoms with E-state index in [4.69, 9.17) is 21.1 Å². The third-order valence-corrected chi connectivity index (χ3v) is 5.79. The van der Waals surface area contributed by atoms with Crippen LogP contribution in [0.3, 0.4) is 0 Å². The zero-order chi connectivity index (χ0) is 17.8. The van der Waals surface area contributed by atoms with Gasteiger partial charge in [-0.3, -0.25) is 4.79 Å². The highest BCUT2D eigenvalue weighted by Crippen LogP contribution is 2.24. The van der Waals surface area contributed by atoms with Crippen molar-refractivity contribution in [2.75, 3.05) is 20.3 Å². The molecule has 5 nitrogen and oxygen atoms in total. The van der Waals surface area contributed by atoms with E-state index in [0.29, 0.717) is 33.8 Å². The maximum Gasteiger partial charge on any atom is 0.289 e. The monoisotopic (exact) mass is 396 g/mol. The molecule has 1 amide bonds. The Morgan fingerprint density at radius 3 is 2.80 bits per heavy atom. The number of amides is 1. The van der Waals surface area contributed by atoms with E-state index in [1.54, 1.807) is 19.2 Å². The number of halogens is 1.